The molecule has 4 N–H and O–H groups in total. The number of carbonyl (C=O) groups is 1. The van der Waals surface area contributed by atoms with Crippen molar-refractivity contribution >= 4 is 55.4 Å². The van der Waals surface area contributed by atoms with Gasteiger partial charge in [0.2, 0.25) is 5.88 Å². The summed E-state index contributed by atoms with van der Waals surface area (Å²) in [6.45, 7) is 13.5. The smallest absolute Gasteiger partial charge is 0.293 e. The number of aromatic amines is 1. The van der Waals surface area contributed by atoms with Crippen molar-refractivity contribution in [3.63, 3.8) is 0 Å². The summed E-state index contributed by atoms with van der Waals surface area (Å²) in [6, 6.07) is 22.6. The van der Waals surface area contributed by atoms with Crippen molar-refractivity contribution in [1.82, 2.24) is 24.5 Å². The monoisotopic (exact) mass is 1100 g/mol. The molecular weight excluding hydrogens is 1030 g/mol. The van der Waals surface area contributed by atoms with Crippen LogP contribution in [0.5, 0.6) is 11.6 Å². The Morgan fingerprint density at radius 2 is 1.68 bits per heavy atom. The maximum atomic E-state index is 14.8. The van der Waals surface area contributed by atoms with Crippen molar-refractivity contribution in [2.45, 2.75) is 138 Å². The maximum Gasteiger partial charge on any atom is 0.293 e. The minimum atomic E-state index is -4.64. The summed E-state index contributed by atoms with van der Waals surface area (Å²) in [5.41, 5.74) is 3.25. The van der Waals surface area contributed by atoms with Gasteiger partial charge in [0.25, 0.3) is 21.6 Å². The predicted molar refractivity (Wildman–Crippen MR) is 301 cm³/mol. The van der Waals surface area contributed by atoms with Gasteiger partial charge < -0.3 is 44.2 Å². The van der Waals surface area contributed by atoms with E-state index >= 15 is 0 Å². The number of nitro benzene ring substituents is 1. The molecule has 12 rings (SSSR count). The number of para-hydroxylation sites is 1. The van der Waals surface area contributed by atoms with E-state index in [1.165, 1.54) is 17.7 Å². The summed E-state index contributed by atoms with van der Waals surface area (Å²) in [7, 11) is -4.64. The number of nitrogens with one attached hydrogen (secondary N) is 3. The van der Waals surface area contributed by atoms with Gasteiger partial charge in [-0.3, -0.25) is 24.7 Å². The van der Waals surface area contributed by atoms with Crippen LogP contribution in [0.3, 0.4) is 0 Å². The zero-order valence-corrected chi connectivity index (χ0v) is 46.4. The van der Waals surface area contributed by atoms with E-state index in [1.807, 2.05) is 42.3 Å². The Bertz CT molecular complexity index is 3160. The average molecular weight is 1100 g/mol. The van der Waals surface area contributed by atoms with Crippen molar-refractivity contribution in [1.29, 1.82) is 0 Å². The number of carbonyl (C=O) groups excluding carboxylic acids is 1. The highest BCUT2D eigenvalue weighted by Crippen LogP contribution is 2.54. The number of piperidine rings is 1. The number of piperazine rings is 1. The van der Waals surface area contributed by atoms with Crippen LogP contribution in [0.2, 0.25) is 0 Å². The lowest BCUT2D eigenvalue weighted by atomic mass is 9.59. The molecule has 79 heavy (non-hydrogen) atoms. The molecule has 0 bridgehead atoms. The molecule has 7 aliphatic rings. The minimum absolute atomic E-state index is 0.0711. The number of sulfonamides is 1. The molecule has 19 nitrogen and oxygen atoms in total. The van der Waals surface area contributed by atoms with Gasteiger partial charge in [-0.15, -0.1) is 0 Å². The first-order chi connectivity index (χ1) is 38.1. The number of benzene rings is 3. The number of ether oxygens (including phenoxy) is 4. The predicted octanol–water partition coefficient (Wildman–Crippen LogP) is 8.71. The Morgan fingerprint density at radius 3 is 2.46 bits per heavy atom. The second-order valence-corrected chi connectivity index (χ2v) is 25.6. The summed E-state index contributed by atoms with van der Waals surface area (Å²) in [5.74, 6) is 0.667. The number of amides is 1. The van der Waals surface area contributed by atoms with Gasteiger partial charge in [0, 0.05) is 99.9 Å². The number of hydrogen-bond acceptors (Lipinski definition) is 16. The number of rotatable bonds is 14. The van der Waals surface area contributed by atoms with Crippen molar-refractivity contribution in [2.75, 3.05) is 80.8 Å². The van der Waals surface area contributed by atoms with Gasteiger partial charge >= 0.3 is 0 Å². The topological polar surface area (TPSA) is 217 Å². The number of anilines is 4. The third-order valence-corrected chi connectivity index (χ3v) is 19.7. The number of aliphatic hydroxyl groups is 1. The second-order valence-electron chi connectivity index (χ2n) is 23.9. The molecule has 1 amide bonds. The van der Waals surface area contributed by atoms with Crippen LogP contribution < -0.4 is 29.3 Å². The molecular formula is C59H75N9O10S. The highest BCUT2D eigenvalue weighted by Gasteiger charge is 2.51. The molecule has 5 aromatic rings. The Kier molecular flexibility index (Phi) is 14.8. The van der Waals surface area contributed by atoms with E-state index in [0.29, 0.717) is 74.0 Å². The van der Waals surface area contributed by atoms with Crippen LogP contribution >= 0.6 is 0 Å². The Balaban J connectivity index is 0.804. The zero-order chi connectivity index (χ0) is 54.6. The average Bonchev–Trinajstić information content (AvgIpc) is 3.91. The molecule has 2 aliphatic carbocycles. The number of H-pyrrole nitrogens is 1. The summed E-state index contributed by atoms with van der Waals surface area (Å²) in [6.07, 6.45) is 11.3. The number of nitro groups is 1. The third kappa shape index (κ3) is 11.0. The molecule has 422 valence electrons. The van der Waals surface area contributed by atoms with Gasteiger partial charge in [0.15, 0.2) is 0 Å². The van der Waals surface area contributed by atoms with Crippen LogP contribution in [-0.2, 0) is 19.5 Å². The van der Waals surface area contributed by atoms with Crippen molar-refractivity contribution in [3.8, 4) is 11.6 Å². The lowest BCUT2D eigenvalue weighted by molar-refractivity contribution is -0.384. The standard InChI is InChI=1S/C59H75N9O10S/c1-38(2)77-53-7-5-4-6-45(53)51-36-65(41-15-27-75-28-16-41)25-26-66(51)43-33-59(34-43)20-23-64(24-21-59)42-8-10-46(48(31-42)67-50-30-40-14-22-60-55(40)62-57(50)78-54-17-29-76-37-52(54)67)56(69)63-79(73,74)44-9-11-47(49(32-44)68(71)72)61-35-39-12-18-58(3,70)19-13-39/h4-11,14,22,30-32,38-39,41,43,51-52,54,61,70H,12-13,15-21,23-29,33-37H2,1-3H3,(H,60,62)(H,63,69)/t39-,51-,52-,54-,58-/m1/s1. The Labute approximate surface area is 462 Å². The van der Waals surface area contributed by atoms with Crippen LogP contribution in [-0.4, -0.2) is 146 Å². The quantitative estimate of drug-likeness (QED) is 0.0604. The Hall–Kier alpha value is -6.03. The number of nitrogens with zero attached hydrogens (tertiary/aromatic N) is 6. The first-order valence-electron chi connectivity index (χ1n) is 28.6. The molecule has 6 fully saturated rings. The molecule has 5 aliphatic heterocycles. The first-order valence-corrected chi connectivity index (χ1v) is 30.1. The van der Waals surface area contributed by atoms with E-state index in [2.05, 4.69) is 67.8 Å². The first kappa shape index (κ1) is 53.6. The van der Waals surface area contributed by atoms with Crippen LogP contribution in [0, 0.1) is 21.4 Å². The summed E-state index contributed by atoms with van der Waals surface area (Å²) in [5, 5.41) is 26.8. The SMILES string of the molecule is CC(C)Oc1ccccc1[C@H]1CN(C2CCOCC2)CCN1C1CC2(CCN(c3ccc(C(=O)NS(=O)(=O)c4ccc(NC[C@H]5CC[C@](C)(O)CC5)c([N+](=O)[O-])c4)c(N4c5cc6cc[nH]c6nc5O[C@@H]5CCOC[C@H]54)c3)CC2)C1. The number of pyridine rings is 1. The number of aromatic nitrogens is 2. The molecule has 0 radical (unpaired) electrons. The van der Waals surface area contributed by atoms with Crippen molar-refractivity contribution < 1.29 is 42.2 Å². The van der Waals surface area contributed by atoms with Crippen LogP contribution in [0.15, 0.2) is 83.9 Å². The molecule has 7 heterocycles. The van der Waals surface area contributed by atoms with Gasteiger partial charge in [-0.05, 0) is 145 Å². The lowest BCUT2D eigenvalue weighted by Gasteiger charge is -2.59. The minimum Gasteiger partial charge on any atom is -0.491 e. The van der Waals surface area contributed by atoms with Gasteiger partial charge in [-0.1, -0.05) is 18.2 Å². The molecule has 4 saturated heterocycles. The van der Waals surface area contributed by atoms with Crippen LogP contribution in [0.4, 0.5) is 28.4 Å². The molecule has 3 atom stereocenters. The largest absolute Gasteiger partial charge is 0.491 e. The van der Waals surface area contributed by atoms with Gasteiger partial charge in [0.05, 0.1) is 58.1 Å². The van der Waals surface area contributed by atoms with Crippen LogP contribution in [0.25, 0.3) is 11.0 Å². The zero-order valence-electron chi connectivity index (χ0n) is 45.6. The van der Waals surface area contributed by atoms with Crippen molar-refractivity contribution in [3.05, 3.63) is 100 Å². The Morgan fingerprint density at radius 1 is 0.911 bits per heavy atom. The normalized spacial score (nSPS) is 26.0. The van der Waals surface area contributed by atoms with E-state index in [0.717, 1.165) is 120 Å². The fourth-order valence-corrected chi connectivity index (χ4v) is 14.8. The second kappa shape index (κ2) is 21.8. The lowest BCUT2D eigenvalue weighted by Crippen LogP contribution is -2.61. The van der Waals surface area contributed by atoms with E-state index in [1.54, 1.807) is 6.07 Å². The fraction of sp³-hybridized carbons (Fsp3) is 0.559. The van der Waals surface area contributed by atoms with Gasteiger partial charge in [0.1, 0.15) is 28.9 Å². The summed E-state index contributed by atoms with van der Waals surface area (Å²) < 4.78 is 55.7. The highest BCUT2D eigenvalue weighted by molar-refractivity contribution is 7.90. The van der Waals surface area contributed by atoms with Crippen molar-refractivity contribution in [2.24, 2.45) is 11.3 Å². The summed E-state index contributed by atoms with van der Waals surface area (Å²) in [4.78, 5) is 44.2. The number of hydrogen-bond donors (Lipinski definition) is 4. The van der Waals surface area contributed by atoms with Gasteiger partial charge in [-0.25, -0.2) is 13.1 Å². The van der Waals surface area contributed by atoms with E-state index in [-0.39, 0.29) is 46.9 Å². The molecule has 2 saturated carbocycles. The molecule has 0 unspecified atom stereocenters. The molecule has 20 heteroatoms. The van der Waals surface area contributed by atoms with Gasteiger partial charge in [-0.2, -0.15) is 4.98 Å². The summed E-state index contributed by atoms with van der Waals surface area (Å²) >= 11 is 0. The fourth-order valence-electron chi connectivity index (χ4n) is 13.9. The molecule has 2 aromatic heterocycles. The molecule has 3 aromatic carbocycles. The molecule has 1 spiro atoms. The van der Waals surface area contributed by atoms with E-state index in [9.17, 15) is 28.4 Å². The maximum absolute atomic E-state index is 14.8. The van der Waals surface area contributed by atoms with E-state index < -0.39 is 37.0 Å². The third-order valence-electron chi connectivity index (χ3n) is 18.3. The van der Waals surface area contributed by atoms with Crippen LogP contribution in [0.1, 0.15) is 113 Å². The highest BCUT2D eigenvalue weighted by atomic mass is 32.2. The van der Waals surface area contributed by atoms with E-state index in [4.69, 9.17) is 23.9 Å². The number of fused-ring (bicyclic) bond motifs is 3.